The lowest BCUT2D eigenvalue weighted by atomic mass is 10.1. The van der Waals surface area contributed by atoms with E-state index < -0.39 is 5.97 Å². The first kappa shape index (κ1) is 13.9. The average molecular weight is 299 g/mol. The highest BCUT2D eigenvalue weighted by atomic mass is 16.5. The quantitative estimate of drug-likeness (QED) is 0.658. The van der Waals surface area contributed by atoms with E-state index in [2.05, 4.69) is 20.3 Å². The number of hydrogen-bond donors (Lipinski definition) is 0. The first-order chi connectivity index (χ1) is 10.7. The van der Waals surface area contributed by atoms with E-state index in [0.717, 1.165) is 0 Å². The molecule has 0 aliphatic rings. The van der Waals surface area contributed by atoms with Crippen molar-refractivity contribution in [1.82, 2.24) is 25.0 Å². The molecule has 0 N–H and O–H groups in total. The van der Waals surface area contributed by atoms with Crippen molar-refractivity contribution >= 4 is 5.97 Å². The van der Waals surface area contributed by atoms with Crippen LogP contribution in [-0.2, 0) is 11.3 Å². The molecular weight excluding hydrogens is 286 g/mol. The van der Waals surface area contributed by atoms with Gasteiger partial charge < -0.3 is 9.15 Å². The standard InChI is InChI=1S/C14H13N5O3/c1-10-17-18-13(22-10)11-4-2-3-5-12(11)14(20)21-7-6-19-9-15-8-16-19/h2-5,8-9H,6-7H2,1H3. The van der Waals surface area contributed by atoms with Gasteiger partial charge in [-0.3, -0.25) is 0 Å². The number of benzene rings is 1. The number of hydrogen-bond acceptors (Lipinski definition) is 7. The third kappa shape index (κ3) is 3.00. The molecule has 0 spiro atoms. The molecule has 0 atom stereocenters. The van der Waals surface area contributed by atoms with E-state index in [4.69, 9.17) is 9.15 Å². The Labute approximate surface area is 125 Å². The lowest BCUT2D eigenvalue weighted by Gasteiger charge is -2.07. The highest BCUT2D eigenvalue weighted by molar-refractivity contribution is 5.96. The van der Waals surface area contributed by atoms with Gasteiger partial charge in [-0.05, 0) is 12.1 Å². The number of esters is 1. The molecule has 22 heavy (non-hydrogen) atoms. The van der Waals surface area contributed by atoms with Crippen LogP contribution in [0.2, 0.25) is 0 Å². The molecular formula is C14H13N5O3. The van der Waals surface area contributed by atoms with Gasteiger partial charge in [0.2, 0.25) is 11.8 Å². The number of ether oxygens (including phenoxy) is 1. The van der Waals surface area contributed by atoms with Gasteiger partial charge in [-0.15, -0.1) is 10.2 Å². The van der Waals surface area contributed by atoms with Crippen molar-refractivity contribution in [1.29, 1.82) is 0 Å². The fourth-order valence-electron chi connectivity index (χ4n) is 1.91. The lowest BCUT2D eigenvalue weighted by molar-refractivity contribution is 0.0488. The van der Waals surface area contributed by atoms with E-state index >= 15 is 0 Å². The molecule has 2 heterocycles. The van der Waals surface area contributed by atoms with Gasteiger partial charge in [-0.2, -0.15) is 5.10 Å². The van der Waals surface area contributed by atoms with Gasteiger partial charge in [0.25, 0.3) is 0 Å². The number of rotatable bonds is 5. The summed E-state index contributed by atoms with van der Waals surface area (Å²) in [7, 11) is 0. The molecule has 3 rings (SSSR count). The molecule has 2 aromatic heterocycles. The Balaban J connectivity index is 1.72. The maximum Gasteiger partial charge on any atom is 0.339 e. The summed E-state index contributed by atoms with van der Waals surface area (Å²) in [5.41, 5.74) is 0.929. The van der Waals surface area contributed by atoms with Crippen LogP contribution in [0, 0.1) is 6.92 Å². The number of carbonyl (C=O) groups is 1. The summed E-state index contributed by atoms with van der Waals surface area (Å²) in [6, 6.07) is 6.94. The fourth-order valence-corrected chi connectivity index (χ4v) is 1.91. The molecule has 0 aliphatic carbocycles. The van der Waals surface area contributed by atoms with Crippen molar-refractivity contribution in [3.63, 3.8) is 0 Å². The smallest absolute Gasteiger partial charge is 0.339 e. The zero-order valence-corrected chi connectivity index (χ0v) is 11.8. The first-order valence-corrected chi connectivity index (χ1v) is 6.63. The van der Waals surface area contributed by atoms with E-state index in [0.29, 0.717) is 29.5 Å². The highest BCUT2D eigenvalue weighted by Crippen LogP contribution is 2.22. The van der Waals surface area contributed by atoms with Gasteiger partial charge in [0.15, 0.2) is 0 Å². The van der Waals surface area contributed by atoms with Crippen LogP contribution in [-0.4, -0.2) is 37.5 Å². The summed E-state index contributed by atoms with van der Waals surface area (Å²) in [5, 5.41) is 11.6. The molecule has 0 amide bonds. The Morgan fingerprint density at radius 2 is 2.18 bits per heavy atom. The van der Waals surface area contributed by atoms with Crippen LogP contribution < -0.4 is 0 Å². The van der Waals surface area contributed by atoms with Crippen LogP contribution in [0.5, 0.6) is 0 Å². The lowest BCUT2D eigenvalue weighted by Crippen LogP contribution is -2.12. The summed E-state index contributed by atoms with van der Waals surface area (Å²) in [4.78, 5) is 16.0. The van der Waals surface area contributed by atoms with E-state index in [1.807, 2.05) is 0 Å². The largest absolute Gasteiger partial charge is 0.460 e. The third-order valence-electron chi connectivity index (χ3n) is 2.92. The maximum atomic E-state index is 12.2. The molecule has 0 saturated carbocycles. The molecule has 0 saturated heterocycles. The molecule has 0 unspecified atom stereocenters. The Kier molecular flexibility index (Phi) is 3.90. The molecule has 1 aromatic carbocycles. The highest BCUT2D eigenvalue weighted by Gasteiger charge is 2.17. The summed E-state index contributed by atoms with van der Waals surface area (Å²) in [5.74, 6) is 0.275. The van der Waals surface area contributed by atoms with Crippen LogP contribution in [0.1, 0.15) is 16.2 Å². The van der Waals surface area contributed by atoms with Crippen molar-refractivity contribution in [3.05, 3.63) is 48.4 Å². The van der Waals surface area contributed by atoms with Crippen LogP contribution in [0.25, 0.3) is 11.5 Å². The third-order valence-corrected chi connectivity index (χ3v) is 2.92. The van der Waals surface area contributed by atoms with Crippen LogP contribution in [0.3, 0.4) is 0 Å². The molecule has 112 valence electrons. The monoisotopic (exact) mass is 299 g/mol. The minimum atomic E-state index is -0.452. The van der Waals surface area contributed by atoms with Crippen LogP contribution >= 0.6 is 0 Å². The van der Waals surface area contributed by atoms with Crippen molar-refractivity contribution in [3.8, 4) is 11.5 Å². The van der Waals surface area contributed by atoms with E-state index in [1.54, 1.807) is 42.2 Å². The molecule has 3 aromatic rings. The minimum Gasteiger partial charge on any atom is -0.460 e. The summed E-state index contributed by atoms with van der Waals surface area (Å²) < 4.78 is 12.2. The predicted octanol–water partition coefficient (Wildman–Crippen LogP) is 1.49. The van der Waals surface area contributed by atoms with Gasteiger partial charge in [0.1, 0.15) is 19.3 Å². The normalized spacial score (nSPS) is 10.6. The minimum absolute atomic E-state index is 0.194. The SMILES string of the molecule is Cc1nnc(-c2ccccc2C(=O)OCCn2cncn2)o1. The second-order valence-electron chi connectivity index (χ2n) is 4.47. The molecule has 0 bridgehead atoms. The molecule has 0 radical (unpaired) electrons. The Hall–Kier alpha value is -3.03. The zero-order chi connectivity index (χ0) is 15.4. The molecule has 8 nitrogen and oxygen atoms in total. The summed E-state index contributed by atoms with van der Waals surface area (Å²) in [6.07, 6.45) is 2.98. The van der Waals surface area contributed by atoms with Crippen molar-refractivity contribution < 1.29 is 13.9 Å². The van der Waals surface area contributed by atoms with Crippen molar-refractivity contribution in [2.45, 2.75) is 13.5 Å². The van der Waals surface area contributed by atoms with Gasteiger partial charge in [-0.1, -0.05) is 12.1 Å². The fraction of sp³-hybridized carbons (Fsp3) is 0.214. The van der Waals surface area contributed by atoms with Gasteiger partial charge in [0.05, 0.1) is 17.7 Å². The van der Waals surface area contributed by atoms with Gasteiger partial charge >= 0.3 is 5.97 Å². The summed E-state index contributed by atoms with van der Waals surface area (Å²) >= 11 is 0. The van der Waals surface area contributed by atoms with Crippen molar-refractivity contribution in [2.24, 2.45) is 0 Å². The number of aryl methyl sites for hydroxylation is 1. The number of nitrogens with zero attached hydrogens (tertiary/aromatic N) is 5. The van der Waals surface area contributed by atoms with E-state index in [9.17, 15) is 4.79 Å². The zero-order valence-electron chi connectivity index (χ0n) is 11.8. The Morgan fingerprint density at radius 1 is 1.32 bits per heavy atom. The molecule has 0 fully saturated rings. The van der Waals surface area contributed by atoms with E-state index in [-0.39, 0.29) is 6.61 Å². The second-order valence-corrected chi connectivity index (χ2v) is 4.47. The average Bonchev–Trinajstić information content (AvgIpc) is 3.19. The summed E-state index contributed by atoms with van der Waals surface area (Å²) in [6.45, 7) is 2.32. The predicted molar refractivity (Wildman–Crippen MR) is 74.8 cm³/mol. The first-order valence-electron chi connectivity index (χ1n) is 6.63. The number of aromatic nitrogens is 5. The van der Waals surface area contributed by atoms with E-state index in [1.165, 1.54) is 6.33 Å². The number of carbonyl (C=O) groups excluding carboxylic acids is 1. The van der Waals surface area contributed by atoms with Gasteiger partial charge in [-0.25, -0.2) is 14.5 Å². The van der Waals surface area contributed by atoms with Crippen LogP contribution in [0.4, 0.5) is 0 Å². The van der Waals surface area contributed by atoms with Crippen LogP contribution in [0.15, 0.2) is 41.3 Å². The second kappa shape index (κ2) is 6.17. The van der Waals surface area contributed by atoms with Gasteiger partial charge in [0, 0.05) is 6.92 Å². The van der Waals surface area contributed by atoms with Crippen molar-refractivity contribution in [2.75, 3.05) is 6.61 Å². The maximum absolute atomic E-state index is 12.2. The molecule has 8 heteroatoms. The molecule has 0 aliphatic heterocycles. The Bertz CT molecular complexity index is 766. The topological polar surface area (TPSA) is 95.9 Å². The Morgan fingerprint density at radius 3 is 2.91 bits per heavy atom.